The van der Waals surface area contributed by atoms with Crippen LogP contribution in [0.15, 0.2) is 42.7 Å². The molecule has 0 unspecified atom stereocenters. The van der Waals surface area contributed by atoms with E-state index in [4.69, 9.17) is 4.43 Å². The van der Waals surface area contributed by atoms with Crippen LogP contribution >= 0.6 is 0 Å². The quantitative estimate of drug-likeness (QED) is 0.308. The molecule has 0 heterocycles. The van der Waals surface area contributed by atoms with E-state index in [2.05, 4.69) is 85.4 Å². The summed E-state index contributed by atoms with van der Waals surface area (Å²) in [6.45, 7) is 20.0. The topological polar surface area (TPSA) is 9.23 Å². The van der Waals surface area contributed by atoms with Crippen molar-refractivity contribution >= 4 is 14.4 Å². The number of benzene rings is 1. The summed E-state index contributed by atoms with van der Waals surface area (Å²) in [6.07, 6.45) is 4.10. The Labute approximate surface area is 138 Å². The van der Waals surface area contributed by atoms with Gasteiger partial charge >= 0.3 is 0 Å². The minimum absolute atomic E-state index is 0.567. The highest BCUT2D eigenvalue weighted by molar-refractivity contribution is 6.77. The molecule has 0 fully saturated rings. The van der Waals surface area contributed by atoms with Gasteiger partial charge in [-0.1, -0.05) is 84.0 Å². The van der Waals surface area contributed by atoms with Crippen molar-refractivity contribution in [3.05, 3.63) is 53.8 Å². The Morgan fingerprint density at radius 2 is 1.41 bits per heavy atom. The zero-order valence-corrected chi connectivity index (χ0v) is 16.3. The van der Waals surface area contributed by atoms with Crippen LogP contribution in [0, 0.1) is 6.92 Å². The maximum absolute atomic E-state index is 6.53. The molecule has 1 nitrogen and oxygen atoms in total. The first-order chi connectivity index (χ1) is 10.2. The van der Waals surface area contributed by atoms with E-state index >= 15 is 0 Å². The molecule has 0 amide bonds. The molecule has 0 aliphatic heterocycles. The Morgan fingerprint density at radius 1 is 0.955 bits per heavy atom. The van der Waals surface area contributed by atoms with Crippen LogP contribution in [0.4, 0.5) is 0 Å². The average Bonchev–Trinajstić information content (AvgIpc) is 2.43. The third-order valence-corrected chi connectivity index (χ3v) is 10.6. The fraction of sp³-hybridized carbons (Fsp3) is 0.500. The van der Waals surface area contributed by atoms with Crippen LogP contribution in [0.5, 0.6) is 0 Å². The highest BCUT2D eigenvalue weighted by atomic mass is 28.4. The Bertz CT molecular complexity index is 487. The van der Waals surface area contributed by atoms with E-state index in [9.17, 15) is 0 Å². The molecule has 0 N–H and O–H groups in total. The van der Waals surface area contributed by atoms with E-state index in [1.165, 1.54) is 11.1 Å². The molecule has 0 aliphatic rings. The Morgan fingerprint density at radius 3 is 1.82 bits per heavy atom. The smallest absolute Gasteiger partial charge is 0.258 e. The average molecular weight is 317 g/mol. The van der Waals surface area contributed by atoms with Crippen LogP contribution in [0.2, 0.25) is 16.6 Å². The number of hydrogen-bond acceptors (Lipinski definition) is 1. The van der Waals surface area contributed by atoms with Crippen LogP contribution in [0.3, 0.4) is 0 Å². The van der Waals surface area contributed by atoms with Crippen LogP contribution in [-0.4, -0.2) is 8.32 Å². The van der Waals surface area contributed by atoms with Crippen LogP contribution in [0.1, 0.15) is 52.7 Å². The zero-order valence-electron chi connectivity index (χ0n) is 15.3. The van der Waals surface area contributed by atoms with Gasteiger partial charge in [-0.25, -0.2) is 0 Å². The summed E-state index contributed by atoms with van der Waals surface area (Å²) in [6, 6.07) is 8.49. The van der Waals surface area contributed by atoms with E-state index in [1.54, 1.807) is 0 Å². The normalized spacial score (nSPS) is 12.6. The van der Waals surface area contributed by atoms with Gasteiger partial charge in [0, 0.05) is 0 Å². The van der Waals surface area contributed by atoms with Crippen LogP contribution < -0.4 is 0 Å². The van der Waals surface area contributed by atoms with Gasteiger partial charge in [-0.3, -0.25) is 0 Å². The molecule has 2 heteroatoms. The number of aryl methyl sites for hydroxylation is 1. The van der Waals surface area contributed by atoms with Crippen molar-refractivity contribution in [1.82, 2.24) is 0 Å². The highest BCUT2D eigenvalue weighted by Crippen LogP contribution is 2.43. The summed E-state index contributed by atoms with van der Waals surface area (Å²) in [5.74, 6) is 0.795. The van der Waals surface area contributed by atoms with Gasteiger partial charge in [0.25, 0.3) is 8.32 Å². The molecule has 1 aromatic rings. The largest absolute Gasteiger partial charge is 0.543 e. The SMILES string of the molecule is C=C(/C=C/c1ccc(C)cc1)O[Si](C(C)C)(C(C)C)C(C)C. The molecule has 0 aromatic heterocycles. The van der Waals surface area contributed by atoms with E-state index < -0.39 is 8.32 Å². The molecule has 22 heavy (non-hydrogen) atoms. The van der Waals surface area contributed by atoms with Crippen molar-refractivity contribution in [3.63, 3.8) is 0 Å². The van der Waals surface area contributed by atoms with E-state index in [1.807, 2.05) is 6.08 Å². The fourth-order valence-corrected chi connectivity index (χ4v) is 8.71. The van der Waals surface area contributed by atoms with Crippen molar-refractivity contribution in [1.29, 1.82) is 0 Å². The van der Waals surface area contributed by atoms with E-state index in [-0.39, 0.29) is 0 Å². The second kappa shape index (κ2) is 7.82. The molecule has 0 saturated carbocycles. The molecule has 0 spiro atoms. The summed E-state index contributed by atoms with van der Waals surface area (Å²) in [5.41, 5.74) is 4.16. The second-order valence-electron chi connectivity index (χ2n) is 7.13. The lowest BCUT2D eigenvalue weighted by molar-refractivity contribution is 0.389. The monoisotopic (exact) mass is 316 g/mol. The molecule has 1 aromatic carbocycles. The lowest BCUT2D eigenvalue weighted by atomic mass is 10.1. The van der Waals surface area contributed by atoms with Gasteiger partial charge in [0.15, 0.2) is 0 Å². The molecule has 0 bridgehead atoms. The van der Waals surface area contributed by atoms with Crippen molar-refractivity contribution in [2.45, 2.75) is 65.1 Å². The van der Waals surface area contributed by atoms with Gasteiger partial charge < -0.3 is 4.43 Å². The molecule has 1 rings (SSSR count). The summed E-state index contributed by atoms with van der Waals surface area (Å²) in [7, 11) is -1.89. The number of rotatable bonds is 7. The molecule has 0 saturated heterocycles. The minimum Gasteiger partial charge on any atom is -0.543 e. The molecular weight excluding hydrogens is 284 g/mol. The highest BCUT2D eigenvalue weighted by Gasteiger charge is 2.46. The second-order valence-corrected chi connectivity index (χ2v) is 12.5. The lowest BCUT2D eigenvalue weighted by Gasteiger charge is -2.42. The van der Waals surface area contributed by atoms with Crippen molar-refractivity contribution in [3.8, 4) is 0 Å². The minimum atomic E-state index is -1.89. The third-order valence-electron chi connectivity index (χ3n) is 4.55. The summed E-state index contributed by atoms with van der Waals surface area (Å²) >= 11 is 0. The Balaban J connectivity index is 2.90. The Kier molecular flexibility index (Phi) is 6.67. The first-order valence-corrected chi connectivity index (χ1v) is 10.5. The lowest BCUT2D eigenvalue weighted by Crippen LogP contribution is -2.47. The van der Waals surface area contributed by atoms with Gasteiger partial charge in [-0.15, -0.1) is 0 Å². The molecular formula is C20H32OSi. The molecule has 0 radical (unpaired) electrons. The predicted octanol–water partition coefficient (Wildman–Crippen LogP) is 6.71. The maximum Gasteiger partial charge on any atom is 0.258 e. The van der Waals surface area contributed by atoms with Crippen LogP contribution in [0.25, 0.3) is 6.08 Å². The van der Waals surface area contributed by atoms with Crippen molar-refractivity contribution < 1.29 is 4.43 Å². The first kappa shape index (κ1) is 18.8. The number of hydrogen-bond donors (Lipinski definition) is 0. The molecule has 0 aliphatic carbocycles. The van der Waals surface area contributed by atoms with Crippen molar-refractivity contribution in [2.75, 3.05) is 0 Å². The molecule has 0 atom stereocenters. The van der Waals surface area contributed by atoms with E-state index in [0.29, 0.717) is 16.6 Å². The van der Waals surface area contributed by atoms with Crippen LogP contribution in [-0.2, 0) is 4.43 Å². The summed E-state index contributed by atoms with van der Waals surface area (Å²) in [5, 5.41) is 0. The summed E-state index contributed by atoms with van der Waals surface area (Å²) in [4.78, 5) is 0. The summed E-state index contributed by atoms with van der Waals surface area (Å²) < 4.78 is 6.53. The Hall–Kier alpha value is -1.28. The standard InChI is InChI=1S/C20H32OSi/c1-15(2)22(16(3)4,17(5)6)21-19(8)11-14-20-12-9-18(7)10-13-20/h9-17H,8H2,1-7H3/b14-11+. The maximum atomic E-state index is 6.53. The van der Waals surface area contributed by atoms with Gasteiger partial charge in [0.1, 0.15) is 0 Å². The van der Waals surface area contributed by atoms with Gasteiger partial charge in [-0.05, 0) is 35.2 Å². The fourth-order valence-electron chi connectivity index (χ4n) is 3.48. The van der Waals surface area contributed by atoms with Crippen molar-refractivity contribution in [2.24, 2.45) is 0 Å². The van der Waals surface area contributed by atoms with Gasteiger partial charge in [0.05, 0.1) is 5.76 Å². The van der Waals surface area contributed by atoms with E-state index in [0.717, 1.165) is 5.76 Å². The zero-order chi connectivity index (χ0) is 16.9. The predicted molar refractivity (Wildman–Crippen MR) is 101 cm³/mol. The van der Waals surface area contributed by atoms with Gasteiger partial charge in [-0.2, -0.15) is 0 Å². The first-order valence-electron chi connectivity index (χ1n) is 8.32. The van der Waals surface area contributed by atoms with Gasteiger partial charge in [0.2, 0.25) is 0 Å². The number of allylic oxidation sites excluding steroid dienone is 1. The third kappa shape index (κ3) is 4.36. The molecule has 122 valence electrons.